The first-order valence-electron chi connectivity index (χ1n) is 30.5. The van der Waals surface area contributed by atoms with Gasteiger partial charge in [-0.15, -0.1) is 0 Å². The van der Waals surface area contributed by atoms with Gasteiger partial charge in [-0.05, 0) is 146 Å². The van der Waals surface area contributed by atoms with Crippen LogP contribution in [0, 0.1) is 22.7 Å². The third kappa shape index (κ3) is 17.8. The molecule has 0 saturated carbocycles. The van der Waals surface area contributed by atoms with Crippen LogP contribution in [0.3, 0.4) is 0 Å². The molecule has 3 aliphatic heterocycles. The van der Waals surface area contributed by atoms with Crippen molar-refractivity contribution in [3.63, 3.8) is 0 Å². The van der Waals surface area contributed by atoms with E-state index in [1.54, 1.807) is 85.6 Å². The summed E-state index contributed by atoms with van der Waals surface area (Å²) >= 11 is 0. The predicted octanol–water partition coefficient (Wildman–Crippen LogP) is 11.6. The van der Waals surface area contributed by atoms with Gasteiger partial charge < -0.3 is 65.1 Å². The van der Waals surface area contributed by atoms with Crippen LogP contribution in [-0.2, 0) is 21.0 Å². The molecule has 0 aromatic heterocycles. The number of hydrogen-bond donors (Lipinski definition) is 3. The van der Waals surface area contributed by atoms with E-state index >= 15 is 0 Å². The monoisotopic (exact) mass is 1250 g/mol. The van der Waals surface area contributed by atoms with Crippen LogP contribution < -0.4 is 65.1 Å². The van der Waals surface area contributed by atoms with Crippen LogP contribution in [-0.4, -0.2) is 90.8 Å². The number of benzene rings is 7. The first kappa shape index (κ1) is 67.2. The highest BCUT2D eigenvalue weighted by atomic mass is 16.5. The minimum absolute atomic E-state index is 0.00146. The fourth-order valence-corrected chi connectivity index (χ4v) is 11.2. The van der Waals surface area contributed by atoms with E-state index in [1.807, 2.05) is 109 Å². The van der Waals surface area contributed by atoms with Gasteiger partial charge in [-0.3, -0.25) is 24.0 Å². The molecule has 3 heterocycles. The summed E-state index contributed by atoms with van der Waals surface area (Å²) in [6, 6.07) is 50.4. The number of ether oxygens (including phenoxy) is 7. The summed E-state index contributed by atoms with van der Waals surface area (Å²) in [6.07, 6.45) is 6.50. The molecule has 3 aliphatic rings. The summed E-state index contributed by atoms with van der Waals surface area (Å²) in [6.45, 7) is 3.01. The molecular weight excluding hydrogens is 1170 g/mol. The Morgan fingerprint density at radius 2 is 0.837 bits per heavy atom. The van der Waals surface area contributed by atoms with Crippen molar-refractivity contribution in [2.75, 3.05) is 81.7 Å². The molecule has 5 amide bonds. The van der Waals surface area contributed by atoms with Crippen molar-refractivity contribution in [2.24, 2.45) is 11.5 Å². The number of anilines is 4. The van der Waals surface area contributed by atoms with Crippen LogP contribution >= 0.6 is 0 Å². The molecule has 3 saturated heterocycles. The van der Waals surface area contributed by atoms with E-state index in [4.69, 9.17) is 60.9 Å². The predicted molar refractivity (Wildman–Crippen MR) is 351 cm³/mol. The van der Waals surface area contributed by atoms with Crippen molar-refractivity contribution in [2.45, 2.75) is 88.6 Å². The SMILES string of the molecule is COc1ccc(C2CC(=O)N(c3cccc(C(N)=O)c3)C2)cc1OCCCCC#N.COc1ccc(C2CC(=O)N(c3cccc(C(N)=O)c3)C2)cc1OCCCCCC#N.COc1ccccc1COc1cc([C@H]2CC(=O)N(c3cccc(N)c3)C2)ccc1OC. The number of unbranched alkanes of at least 4 members (excludes halogenated alkanes) is 5. The second-order valence-electron chi connectivity index (χ2n) is 22.3. The summed E-state index contributed by atoms with van der Waals surface area (Å²) in [7, 11) is 6.44. The number of para-hydroxylation sites is 1. The average molecular weight is 1250 g/mol. The number of amides is 5. The molecule has 0 aliphatic carbocycles. The van der Waals surface area contributed by atoms with Crippen LogP contribution in [0.5, 0.6) is 40.2 Å². The Bertz CT molecular complexity index is 3810. The minimum atomic E-state index is -0.522. The summed E-state index contributed by atoms with van der Waals surface area (Å²) in [5, 5.41) is 17.2. The maximum Gasteiger partial charge on any atom is 0.248 e. The average Bonchev–Trinajstić information content (AvgIpc) is 1.77. The lowest BCUT2D eigenvalue weighted by Crippen LogP contribution is -2.24. The van der Waals surface area contributed by atoms with Gasteiger partial charge in [0.1, 0.15) is 12.4 Å². The molecule has 6 N–H and O–H groups in total. The van der Waals surface area contributed by atoms with E-state index in [2.05, 4.69) is 12.1 Å². The van der Waals surface area contributed by atoms with Crippen LogP contribution in [0.4, 0.5) is 22.7 Å². The molecule has 3 fully saturated rings. The molecule has 92 heavy (non-hydrogen) atoms. The maximum absolute atomic E-state index is 12.7. The molecule has 20 heteroatoms. The number of carbonyl (C=O) groups is 5. The molecular formula is C72H78N8O12. The summed E-state index contributed by atoms with van der Waals surface area (Å²) in [5.74, 6) is 3.75. The maximum atomic E-state index is 12.7. The van der Waals surface area contributed by atoms with Crippen LogP contribution in [0.2, 0.25) is 0 Å². The number of rotatable bonds is 26. The Morgan fingerprint density at radius 1 is 0.446 bits per heavy atom. The molecule has 0 radical (unpaired) electrons. The molecule has 0 bridgehead atoms. The van der Waals surface area contributed by atoms with Crippen molar-refractivity contribution in [1.29, 1.82) is 10.5 Å². The molecule has 20 nitrogen and oxygen atoms in total. The van der Waals surface area contributed by atoms with Crippen LogP contribution in [0.25, 0.3) is 0 Å². The lowest BCUT2D eigenvalue weighted by atomic mass is 9.98. The van der Waals surface area contributed by atoms with E-state index in [9.17, 15) is 24.0 Å². The molecule has 478 valence electrons. The third-order valence-corrected chi connectivity index (χ3v) is 16.1. The van der Waals surface area contributed by atoms with E-state index in [1.165, 1.54) is 0 Å². The van der Waals surface area contributed by atoms with Gasteiger partial charge in [0, 0.05) is 109 Å². The zero-order chi connectivity index (χ0) is 65.5. The number of nitrogen functional groups attached to an aromatic ring is 1. The molecule has 0 spiro atoms. The van der Waals surface area contributed by atoms with Gasteiger partial charge in [-0.2, -0.15) is 10.5 Å². The van der Waals surface area contributed by atoms with Crippen molar-refractivity contribution in [3.05, 3.63) is 185 Å². The van der Waals surface area contributed by atoms with Gasteiger partial charge in [0.15, 0.2) is 34.5 Å². The van der Waals surface area contributed by atoms with E-state index < -0.39 is 11.8 Å². The number of methoxy groups -OCH3 is 4. The molecule has 2 unspecified atom stereocenters. The zero-order valence-corrected chi connectivity index (χ0v) is 52.3. The van der Waals surface area contributed by atoms with Gasteiger partial charge in [0.2, 0.25) is 29.5 Å². The van der Waals surface area contributed by atoms with Gasteiger partial charge in [-0.25, -0.2) is 0 Å². The number of hydrogen-bond acceptors (Lipinski definition) is 15. The Balaban J connectivity index is 0.000000178. The first-order chi connectivity index (χ1) is 44.6. The highest BCUT2D eigenvalue weighted by molar-refractivity contribution is 6.00. The fraction of sp³-hybridized carbons (Fsp3) is 0.319. The molecule has 7 aromatic rings. The molecule has 7 aromatic carbocycles. The number of nitriles is 2. The van der Waals surface area contributed by atoms with Crippen molar-refractivity contribution in [1.82, 2.24) is 0 Å². The van der Waals surface area contributed by atoms with E-state index in [0.29, 0.717) is 134 Å². The normalized spacial score (nSPS) is 15.7. The Kier molecular flexibility index (Phi) is 24.2. The highest BCUT2D eigenvalue weighted by Crippen LogP contribution is 2.41. The van der Waals surface area contributed by atoms with Crippen molar-refractivity contribution >= 4 is 52.3 Å². The lowest BCUT2D eigenvalue weighted by molar-refractivity contribution is -0.118. The summed E-state index contributed by atoms with van der Waals surface area (Å²) < 4.78 is 39.6. The van der Waals surface area contributed by atoms with Gasteiger partial charge in [-0.1, -0.05) is 54.6 Å². The van der Waals surface area contributed by atoms with Crippen molar-refractivity contribution < 1.29 is 57.1 Å². The van der Waals surface area contributed by atoms with Gasteiger partial charge in [0.05, 0.1) is 53.8 Å². The third-order valence-electron chi connectivity index (χ3n) is 16.1. The smallest absolute Gasteiger partial charge is 0.248 e. The number of nitrogens with two attached hydrogens (primary N) is 3. The quantitative estimate of drug-likeness (QED) is 0.0336. The van der Waals surface area contributed by atoms with E-state index in [-0.39, 0.29) is 35.5 Å². The number of carbonyl (C=O) groups excluding carboxylic acids is 5. The standard InChI is InChI=1S/C25H26N2O4.C24H27N3O4.C23H25N3O4/c1-29-22-9-4-3-6-18(22)16-31-24-12-17(10-11-23(24)30-2)19-13-25(28)27(15-19)21-8-5-7-20(26)14-21;1-30-21-10-9-17(14-22(21)31-12-5-3-2-4-11-25)19-15-23(28)27(16-19)20-8-6-7-18(13-20)24(26)29;1-29-20-9-8-16(13-21(20)30-11-4-2-3-10-24)18-14-22(27)26(15-18)19-7-5-6-17(12-19)23(25)28/h3-12,14,19H,13,15-16,26H2,1-2H3;6-10,13-14,19H,2-5,12,15-16H2,1H3,(H2,26,29);5-9,12-13,18H,2-4,11,14-15H2,1H3,(H2,25,28)/t19-;;/m0../s1. The van der Waals surface area contributed by atoms with Gasteiger partial charge in [0.25, 0.3) is 0 Å². The van der Waals surface area contributed by atoms with Crippen molar-refractivity contribution in [3.8, 4) is 52.4 Å². The second kappa shape index (κ2) is 33.2. The largest absolute Gasteiger partial charge is 0.496 e. The zero-order valence-electron chi connectivity index (χ0n) is 52.3. The first-order valence-corrected chi connectivity index (χ1v) is 30.5. The van der Waals surface area contributed by atoms with E-state index in [0.717, 1.165) is 65.8 Å². The molecule has 10 rings (SSSR count). The summed E-state index contributed by atoms with van der Waals surface area (Å²) in [4.78, 5) is 66.1. The Morgan fingerprint density at radius 3 is 1.25 bits per heavy atom. The Hall–Kier alpha value is -10.7. The fourth-order valence-electron chi connectivity index (χ4n) is 11.2. The van der Waals surface area contributed by atoms with Crippen LogP contribution in [0.1, 0.15) is 125 Å². The van der Waals surface area contributed by atoms with Gasteiger partial charge >= 0.3 is 0 Å². The highest BCUT2D eigenvalue weighted by Gasteiger charge is 2.35. The minimum Gasteiger partial charge on any atom is -0.496 e. The topological polar surface area (TPSA) is 285 Å². The summed E-state index contributed by atoms with van der Waals surface area (Å²) in [5.41, 5.74) is 24.2. The second-order valence-corrected chi connectivity index (χ2v) is 22.3. The Labute approximate surface area is 536 Å². The number of nitrogens with zero attached hydrogens (tertiary/aromatic N) is 5. The molecule has 3 atom stereocenters. The number of primary amides is 2. The van der Waals surface area contributed by atoms with Crippen LogP contribution in [0.15, 0.2) is 152 Å². The lowest BCUT2D eigenvalue weighted by Gasteiger charge is -2.18.